The lowest BCUT2D eigenvalue weighted by Gasteiger charge is -2.11. The van der Waals surface area contributed by atoms with Gasteiger partial charge in [0.1, 0.15) is 5.01 Å². The van der Waals surface area contributed by atoms with Crippen LogP contribution in [0.25, 0.3) is 10.6 Å². The number of hydrogen-bond donors (Lipinski definition) is 2. The van der Waals surface area contributed by atoms with Gasteiger partial charge in [-0.1, -0.05) is 12.1 Å². The molecule has 2 aromatic rings. The van der Waals surface area contributed by atoms with Gasteiger partial charge in [-0.05, 0) is 38.4 Å². The molecule has 1 atom stereocenters. The lowest BCUT2D eigenvalue weighted by Crippen LogP contribution is -2.37. The van der Waals surface area contributed by atoms with Crippen LogP contribution in [0.2, 0.25) is 0 Å². The first kappa shape index (κ1) is 14.2. The Morgan fingerprint density at radius 2 is 2.43 bits per heavy atom. The minimum atomic E-state index is -0.0150. The summed E-state index contributed by atoms with van der Waals surface area (Å²) in [5.74, 6) is -0.0150. The Morgan fingerprint density at radius 3 is 3.14 bits per heavy atom. The summed E-state index contributed by atoms with van der Waals surface area (Å²) in [4.78, 5) is 16.7. The van der Waals surface area contributed by atoms with Crippen LogP contribution in [0, 0.1) is 6.92 Å². The molecule has 110 valence electrons. The lowest BCUT2D eigenvalue weighted by molar-refractivity contribution is 0.0950. The van der Waals surface area contributed by atoms with E-state index in [1.54, 1.807) is 11.3 Å². The van der Waals surface area contributed by atoms with E-state index >= 15 is 0 Å². The van der Waals surface area contributed by atoms with Gasteiger partial charge in [-0.2, -0.15) is 0 Å². The van der Waals surface area contributed by atoms with Crippen molar-refractivity contribution in [3.05, 3.63) is 40.9 Å². The van der Waals surface area contributed by atoms with E-state index < -0.39 is 0 Å². The van der Waals surface area contributed by atoms with Crippen molar-refractivity contribution in [2.75, 3.05) is 13.1 Å². The highest BCUT2D eigenvalue weighted by Crippen LogP contribution is 2.24. The van der Waals surface area contributed by atoms with Gasteiger partial charge >= 0.3 is 0 Å². The summed E-state index contributed by atoms with van der Waals surface area (Å²) in [6.45, 7) is 3.73. The van der Waals surface area contributed by atoms with E-state index in [-0.39, 0.29) is 5.91 Å². The largest absolute Gasteiger partial charge is 0.350 e. The molecule has 1 aromatic heterocycles. The van der Waals surface area contributed by atoms with Crippen molar-refractivity contribution < 1.29 is 4.79 Å². The quantitative estimate of drug-likeness (QED) is 0.912. The molecular formula is C16H19N3OS. The third-order valence-electron chi connectivity index (χ3n) is 3.66. The number of amides is 1. The number of thiazole rings is 1. The monoisotopic (exact) mass is 301 g/mol. The van der Waals surface area contributed by atoms with Gasteiger partial charge in [0.05, 0.1) is 0 Å². The van der Waals surface area contributed by atoms with Gasteiger partial charge in [0.2, 0.25) is 0 Å². The second kappa shape index (κ2) is 6.37. The molecule has 1 aromatic carbocycles. The van der Waals surface area contributed by atoms with Crippen molar-refractivity contribution in [3.63, 3.8) is 0 Å². The van der Waals surface area contributed by atoms with E-state index in [1.807, 2.05) is 36.6 Å². The molecule has 0 saturated carbocycles. The Bertz CT molecular complexity index is 632. The van der Waals surface area contributed by atoms with Crippen molar-refractivity contribution in [2.45, 2.75) is 25.8 Å². The Balaban J connectivity index is 1.68. The van der Waals surface area contributed by atoms with Crippen LogP contribution in [0.5, 0.6) is 0 Å². The molecule has 1 saturated heterocycles. The molecule has 1 aliphatic rings. The number of benzene rings is 1. The maximum absolute atomic E-state index is 12.2. The topological polar surface area (TPSA) is 54.0 Å². The number of rotatable bonds is 4. The van der Waals surface area contributed by atoms with Crippen LogP contribution in [-0.4, -0.2) is 30.0 Å². The maximum Gasteiger partial charge on any atom is 0.251 e. The molecule has 0 aliphatic carbocycles. The molecule has 4 nitrogen and oxygen atoms in total. The van der Waals surface area contributed by atoms with Gasteiger partial charge in [-0.25, -0.2) is 4.98 Å². The van der Waals surface area contributed by atoms with Gasteiger partial charge in [0.25, 0.3) is 5.91 Å². The summed E-state index contributed by atoms with van der Waals surface area (Å²) in [6.07, 6.45) is 2.33. The van der Waals surface area contributed by atoms with E-state index in [9.17, 15) is 4.79 Å². The van der Waals surface area contributed by atoms with E-state index in [2.05, 4.69) is 15.6 Å². The number of aromatic nitrogens is 1. The fourth-order valence-electron chi connectivity index (χ4n) is 2.53. The molecule has 3 rings (SSSR count). The zero-order valence-corrected chi connectivity index (χ0v) is 12.9. The number of nitrogens with zero attached hydrogens (tertiary/aromatic N) is 1. The first-order chi connectivity index (χ1) is 10.2. The fourth-order valence-corrected chi connectivity index (χ4v) is 3.32. The molecule has 5 heteroatoms. The highest BCUT2D eigenvalue weighted by molar-refractivity contribution is 7.13. The molecule has 0 bridgehead atoms. The second-order valence-electron chi connectivity index (χ2n) is 5.38. The summed E-state index contributed by atoms with van der Waals surface area (Å²) in [6, 6.07) is 8.08. The first-order valence-corrected chi connectivity index (χ1v) is 8.14. The SMILES string of the molecule is Cc1csc(-c2cccc(C(=O)NCC3CCCN3)c2)n1. The van der Waals surface area contributed by atoms with E-state index in [0.29, 0.717) is 18.2 Å². The standard InChI is InChI=1S/C16H19N3OS/c1-11-10-21-16(19-11)13-5-2-4-12(8-13)15(20)18-9-14-6-3-7-17-14/h2,4-5,8,10,14,17H,3,6-7,9H2,1H3,(H,18,20). The molecule has 1 aliphatic heterocycles. The van der Waals surface area contributed by atoms with Crippen LogP contribution in [0.15, 0.2) is 29.6 Å². The molecule has 21 heavy (non-hydrogen) atoms. The van der Waals surface area contributed by atoms with Crippen molar-refractivity contribution in [3.8, 4) is 10.6 Å². The summed E-state index contributed by atoms with van der Waals surface area (Å²) in [5, 5.41) is 9.37. The number of carbonyl (C=O) groups excluding carboxylic acids is 1. The fraction of sp³-hybridized carbons (Fsp3) is 0.375. The number of aryl methyl sites for hydroxylation is 1. The normalized spacial score (nSPS) is 17.9. The molecule has 1 fully saturated rings. The number of carbonyl (C=O) groups is 1. The van der Waals surface area contributed by atoms with Crippen LogP contribution in [0.3, 0.4) is 0 Å². The van der Waals surface area contributed by atoms with Crippen LogP contribution >= 0.6 is 11.3 Å². The van der Waals surface area contributed by atoms with E-state index in [1.165, 1.54) is 6.42 Å². The summed E-state index contributed by atoms with van der Waals surface area (Å²) in [7, 11) is 0. The minimum absolute atomic E-state index is 0.0150. The van der Waals surface area contributed by atoms with Crippen LogP contribution in [-0.2, 0) is 0 Å². The predicted molar refractivity (Wildman–Crippen MR) is 85.6 cm³/mol. The Hall–Kier alpha value is -1.72. The average molecular weight is 301 g/mol. The van der Waals surface area contributed by atoms with E-state index in [4.69, 9.17) is 0 Å². The molecule has 2 N–H and O–H groups in total. The smallest absolute Gasteiger partial charge is 0.251 e. The Labute approximate surface area is 128 Å². The first-order valence-electron chi connectivity index (χ1n) is 7.26. The van der Waals surface area contributed by atoms with Crippen molar-refractivity contribution >= 4 is 17.2 Å². The minimum Gasteiger partial charge on any atom is -0.350 e. The Kier molecular flexibility index (Phi) is 4.31. The number of hydrogen-bond acceptors (Lipinski definition) is 4. The predicted octanol–water partition coefficient (Wildman–Crippen LogP) is 2.60. The summed E-state index contributed by atoms with van der Waals surface area (Å²) < 4.78 is 0. The molecule has 1 amide bonds. The van der Waals surface area contributed by atoms with Crippen molar-refractivity contribution in [1.29, 1.82) is 0 Å². The van der Waals surface area contributed by atoms with Gasteiger partial charge in [-0.15, -0.1) is 11.3 Å². The van der Waals surface area contributed by atoms with Crippen molar-refractivity contribution in [1.82, 2.24) is 15.6 Å². The molecule has 1 unspecified atom stereocenters. The van der Waals surface area contributed by atoms with Gasteiger partial charge in [0, 0.05) is 34.8 Å². The van der Waals surface area contributed by atoms with E-state index in [0.717, 1.165) is 29.2 Å². The summed E-state index contributed by atoms with van der Waals surface area (Å²) in [5.41, 5.74) is 2.70. The molecule has 0 radical (unpaired) electrons. The average Bonchev–Trinajstić information content (AvgIpc) is 3.16. The maximum atomic E-state index is 12.2. The van der Waals surface area contributed by atoms with Crippen LogP contribution < -0.4 is 10.6 Å². The molecule has 2 heterocycles. The third kappa shape index (κ3) is 3.49. The molecule has 0 spiro atoms. The number of nitrogens with one attached hydrogen (secondary N) is 2. The Morgan fingerprint density at radius 1 is 1.52 bits per heavy atom. The second-order valence-corrected chi connectivity index (χ2v) is 6.24. The summed E-state index contributed by atoms with van der Waals surface area (Å²) >= 11 is 1.60. The molecular weight excluding hydrogens is 282 g/mol. The van der Waals surface area contributed by atoms with Gasteiger partial charge in [-0.3, -0.25) is 4.79 Å². The highest BCUT2D eigenvalue weighted by Gasteiger charge is 2.15. The zero-order valence-electron chi connectivity index (χ0n) is 12.1. The van der Waals surface area contributed by atoms with Gasteiger partial charge < -0.3 is 10.6 Å². The van der Waals surface area contributed by atoms with Crippen molar-refractivity contribution in [2.24, 2.45) is 0 Å². The third-order valence-corrected chi connectivity index (χ3v) is 4.67. The van der Waals surface area contributed by atoms with Crippen LogP contribution in [0.1, 0.15) is 28.9 Å². The lowest BCUT2D eigenvalue weighted by atomic mass is 10.1. The zero-order chi connectivity index (χ0) is 14.7. The van der Waals surface area contributed by atoms with Crippen LogP contribution in [0.4, 0.5) is 0 Å². The van der Waals surface area contributed by atoms with Gasteiger partial charge in [0.15, 0.2) is 0 Å². The highest BCUT2D eigenvalue weighted by atomic mass is 32.1.